The largest absolute Gasteiger partial charge is 0.247 e. The van der Waals surface area contributed by atoms with Crippen molar-refractivity contribution in [2.24, 2.45) is 0 Å². The lowest BCUT2D eigenvalue weighted by molar-refractivity contribution is 1.32. The third-order valence-electron chi connectivity index (χ3n) is 2.23. The smallest absolute Gasteiger partial charge is 0.129 e. The van der Waals surface area contributed by atoms with E-state index < -0.39 is 8.07 Å². The van der Waals surface area contributed by atoms with Crippen LogP contribution in [0.5, 0.6) is 0 Å². The molecule has 2 heteroatoms. The number of hydrogen-bond acceptors (Lipinski definition) is 1. The van der Waals surface area contributed by atoms with Gasteiger partial charge >= 0.3 is 0 Å². The molecule has 0 aliphatic heterocycles. The minimum Gasteiger partial charge on any atom is -0.247 e. The SMILES string of the molecule is C[Si](C)(C)C#Cc1nccc2ccccc12. The van der Waals surface area contributed by atoms with Crippen molar-refractivity contribution in [1.29, 1.82) is 0 Å². The molecule has 0 saturated carbocycles. The Kier molecular flexibility index (Phi) is 2.80. The zero-order valence-corrected chi connectivity index (χ0v) is 10.9. The minimum atomic E-state index is -1.33. The van der Waals surface area contributed by atoms with Crippen molar-refractivity contribution in [1.82, 2.24) is 4.98 Å². The van der Waals surface area contributed by atoms with Gasteiger partial charge in [-0.2, -0.15) is 0 Å². The maximum atomic E-state index is 4.36. The Morgan fingerprint density at radius 2 is 1.81 bits per heavy atom. The summed E-state index contributed by atoms with van der Waals surface area (Å²) < 4.78 is 0. The number of aromatic nitrogens is 1. The lowest BCUT2D eigenvalue weighted by Gasteiger charge is -2.04. The van der Waals surface area contributed by atoms with Crippen LogP contribution in [0.15, 0.2) is 36.5 Å². The van der Waals surface area contributed by atoms with Gasteiger partial charge in [-0.05, 0) is 11.5 Å². The first-order valence-corrected chi connectivity index (χ1v) is 8.93. The van der Waals surface area contributed by atoms with Crippen molar-refractivity contribution in [3.05, 3.63) is 42.2 Å². The van der Waals surface area contributed by atoms with Crippen LogP contribution in [0.3, 0.4) is 0 Å². The highest BCUT2D eigenvalue weighted by Crippen LogP contribution is 2.15. The highest BCUT2D eigenvalue weighted by Gasteiger charge is 2.08. The molecule has 1 heterocycles. The molecule has 2 rings (SSSR count). The van der Waals surface area contributed by atoms with E-state index in [4.69, 9.17) is 0 Å². The molecule has 1 aromatic heterocycles. The van der Waals surface area contributed by atoms with Gasteiger partial charge in [-0.25, -0.2) is 4.98 Å². The number of pyridine rings is 1. The monoisotopic (exact) mass is 225 g/mol. The molecular weight excluding hydrogens is 210 g/mol. The predicted octanol–water partition coefficient (Wildman–Crippen LogP) is 3.46. The normalized spacial score (nSPS) is 10.9. The van der Waals surface area contributed by atoms with E-state index in [0.717, 1.165) is 11.1 Å². The number of rotatable bonds is 0. The summed E-state index contributed by atoms with van der Waals surface area (Å²) >= 11 is 0. The summed E-state index contributed by atoms with van der Waals surface area (Å²) in [7, 11) is -1.33. The maximum Gasteiger partial charge on any atom is 0.129 e. The topological polar surface area (TPSA) is 12.9 Å². The highest BCUT2D eigenvalue weighted by atomic mass is 28.3. The van der Waals surface area contributed by atoms with Crippen LogP contribution in [0.4, 0.5) is 0 Å². The van der Waals surface area contributed by atoms with Gasteiger partial charge in [0, 0.05) is 11.6 Å². The molecule has 1 nitrogen and oxygen atoms in total. The number of benzene rings is 1. The van der Waals surface area contributed by atoms with Gasteiger partial charge in [0.05, 0.1) is 0 Å². The summed E-state index contributed by atoms with van der Waals surface area (Å²) in [4.78, 5) is 4.36. The van der Waals surface area contributed by atoms with Crippen molar-refractivity contribution in [3.63, 3.8) is 0 Å². The van der Waals surface area contributed by atoms with Crippen LogP contribution in [0, 0.1) is 11.5 Å². The van der Waals surface area contributed by atoms with Crippen LogP contribution >= 0.6 is 0 Å². The molecule has 0 amide bonds. The molecule has 2 aromatic rings. The van der Waals surface area contributed by atoms with E-state index in [9.17, 15) is 0 Å². The molecule has 0 bridgehead atoms. The van der Waals surface area contributed by atoms with Crippen molar-refractivity contribution >= 4 is 18.8 Å². The van der Waals surface area contributed by atoms with Crippen LogP contribution in [0.25, 0.3) is 10.8 Å². The van der Waals surface area contributed by atoms with Crippen LogP contribution in [0.2, 0.25) is 19.6 Å². The lowest BCUT2D eigenvalue weighted by Crippen LogP contribution is -2.16. The first kappa shape index (κ1) is 10.9. The van der Waals surface area contributed by atoms with E-state index in [1.54, 1.807) is 0 Å². The summed E-state index contributed by atoms with van der Waals surface area (Å²) in [5, 5.41) is 2.35. The zero-order chi connectivity index (χ0) is 11.6. The molecule has 16 heavy (non-hydrogen) atoms. The molecule has 0 atom stereocenters. The van der Waals surface area contributed by atoms with Gasteiger partial charge in [0.1, 0.15) is 13.8 Å². The summed E-state index contributed by atoms with van der Waals surface area (Å²) in [6, 6.07) is 10.3. The Hall–Kier alpha value is -1.59. The Balaban J connectivity index is 2.56. The molecule has 1 aromatic carbocycles. The molecule has 0 spiro atoms. The van der Waals surface area contributed by atoms with Crippen LogP contribution < -0.4 is 0 Å². The molecule has 0 unspecified atom stereocenters. The summed E-state index contributed by atoms with van der Waals surface area (Å²) in [6.07, 6.45) is 1.83. The predicted molar refractivity (Wildman–Crippen MR) is 72.0 cm³/mol. The first-order chi connectivity index (χ1) is 7.56. The Labute approximate surface area is 97.5 Å². The number of nitrogens with zero attached hydrogens (tertiary/aromatic N) is 1. The molecule has 0 aliphatic carbocycles. The second-order valence-corrected chi connectivity index (χ2v) is 9.63. The Morgan fingerprint density at radius 3 is 2.56 bits per heavy atom. The number of fused-ring (bicyclic) bond motifs is 1. The van der Waals surface area contributed by atoms with E-state index in [1.807, 2.05) is 24.4 Å². The van der Waals surface area contributed by atoms with Crippen LogP contribution in [-0.4, -0.2) is 13.1 Å². The quantitative estimate of drug-likeness (QED) is 0.494. The van der Waals surface area contributed by atoms with Crippen molar-refractivity contribution in [2.75, 3.05) is 0 Å². The fourth-order valence-corrected chi connectivity index (χ4v) is 1.96. The summed E-state index contributed by atoms with van der Waals surface area (Å²) in [5.74, 6) is 3.23. The Morgan fingerprint density at radius 1 is 1.06 bits per heavy atom. The number of hydrogen-bond donors (Lipinski definition) is 0. The van der Waals surface area contributed by atoms with Gasteiger partial charge in [-0.3, -0.25) is 0 Å². The zero-order valence-electron chi connectivity index (χ0n) is 9.91. The van der Waals surface area contributed by atoms with Gasteiger partial charge in [-0.1, -0.05) is 49.8 Å². The van der Waals surface area contributed by atoms with E-state index in [2.05, 4.69) is 48.2 Å². The minimum absolute atomic E-state index is 0.903. The van der Waals surface area contributed by atoms with Crippen LogP contribution in [0.1, 0.15) is 5.69 Å². The molecule has 0 saturated heterocycles. The molecule has 80 valence electrons. The van der Waals surface area contributed by atoms with E-state index in [-0.39, 0.29) is 0 Å². The van der Waals surface area contributed by atoms with Gasteiger partial charge in [0.25, 0.3) is 0 Å². The van der Waals surface area contributed by atoms with E-state index in [1.165, 1.54) is 5.39 Å². The first-order valence-electron chi connectivity index (χ1n) is 5.43. The van der Waals surface area contributed by atoms with Crippen LogP contribution in [-0.2, 0) is 0 Å². The highest BCUT2D eigenvalue weighted by molar-refractivity contribution is 6.83. The van der Waals surface area contributed by atoms with Gasteiger partial charge < -0.3 is 0 Å². The third-order valence-corrected chi connectivity index (χ3v) is 3.10. The third kappa shape index (κ3) is 2.50. The summed E-state index contributed by atoms with van der Waals surface area (Å²) in [5.41, 5.74) is 4.26. The van der Waals surface area contributed by atoms with Gasteiger partial charge in [0.2, 0.25) is 0 Å². The average Bonchev–Trinajstić information content (AvgIpc) is 2.25. The van der Waals surface area contributed by atoms with E-state index in [0.29, 0.717) is 0 Å². The molecule has 0 N–H and O–H groups in total. The molecule has 0 radical (unpaired) electrons. The lowest BCUT2D eigenvalue weighted by atomic mass is 10.1. The fourth-order valence-electron chi connectivity index (χ4n) is 1.47. The molecule has 0 aliphatic rings. The average molecular weight is 225 g/mol. The fraction of sp³-hybridized carbons (Fsp3) is 0.214. The summed E-state index contributed by atoms with van der Waals surface area (Å²) in [6.45, 7) is 6.72. The second kappa shape index (κ2) is 4.11. The maximum absolute atomic E-state index is 4.36. The van der Waals surface area contributed by atoms with Crippen molar-refractivity contribution in [3.8, 4) is 11.5 Å². The van der Waals surface area contributed by atoms with Gasteiger partial charge in [0.15, 0.2) is 0 Å². The second-order valence-electron chi connectivity index (χ2n) is 4.88. The van der Waals surface area contributed by atoms with Gasteiger partial charge in [-0.15, -0.1) is 5.54 Å². The van der Waals surface area contributed by atoms with E-state index >= 15 is 0 Å². The van der Waals surface area contributed by atoms with Crippen molar-refractivity contribution in [2.45, 2.75) is 19.6 Å². The van der Waals surface area contributed by atoms with Crippen molar-refractivity contribution < 1.29 is 0 Å². The molecular formula is C14H15NSi. The Bertz CT molecular complexity index is 565. The molecule has 0 fully saturated rings. The standard InChI is InChI=1S/C14H15NSi/c1-16(2,3)11-9-14-13-7-5-4-6-12(13)8-10-15-14/h4-8,10H,1-3H3.